The van der Waals surface area contributed by atoms with Gasteiger partial charge < -0.3 is 14.8 Å². The van der Waals surface area contributed by atoms with Crippen molar-refractivity contribution in [2.75, 3.05) is 19.5 Å². The molecule has 8 heteroatoms. The molecule has 0 radical (unpaired) electrons. The molecule has 0 amide bonds. The highest BCUT2D eigenvalue weighted by Crippen LogP contribution is 2.35. The van der Waals surface area contributed by atoms with Crippen molar-refractivity contribution < 1.29 is 9.47 Å². The maximum Gasteiger partial charge on any atom is 0.227 e. The summed E-state index contributed by atoms with van der Waals surface area (Å²) in [5.41, 5.74) is 4.54. The van der Waals surface area contributed by atoms with Crippen LogP contribution in [-0.4, -0.2) is 33.8 Å². The molecule has 0 aliphatic carbocycles. The van der Waals surface area contributed by atoms with Crippen LogP contribution in [0.25, 0.3) is 16.8 Å². The normalized spacial score (nSPS) is 11.0. The Kier molecular flexibility index (Phi) is 5.46. The van der Waals surface area contributed by atoms with Crippen LogP contribution in [0.15, 0.2) is 42.5 Å². The van der Waals surface area contributed by atoms with Gasteiger partial charge in [-0.05, 0) is 49.2 Å². The predicted molar refractivity (Wildman–Crippen MR) is 118 cm³/mol. The number of aromatic nitrogens is 4. The molecule has 154 valence electrons. The summed E-state index contributed by atoms with van der Waals surface area (Å²) in [6, 6.07) is 13.5. The van der Waals surface area contributed by atoms with E-state index in [0.29, 0.717) is 34.8 Å². The molecule has 1 N–H and O–H groups in total. The van der Waals surface area contributed by atoms with Crippen LogP contribution in [0.2, 0.25) is 5.02 Å². The molecule has 0 unspecified atom stereocenters. The van der Waals surface area contributed by atoms with Crippen LogP contribution in [0.3, 0.4) is 0 Å². The SMILES string of the molecule is COc1ccc(-c2c(C)nn3c(NCc4ccc(Cl)cc4)nc(C)nc23)cc1OC. The van der Waals surface area contributed by atoms with Crippen LogP contribution in [-0.2, 0) is 6.54 Å². The Labute approximate surface area is 179 Å². The van der Waals surface area contributed by atoms with Crippen molar-refractivity contribution in [3.05, 3.63) is 64.6 Å². The molecule has 2 aromatic carbocycles. The van der Waals surface area contributed by atoms with Crippen molar-refractivity contribution in [3.63, 3.8) is 0 Å². The largest absolute Gasteiger partial charge is 0.493 e. The first-order chi connectivity index (χ1) is 14.5. The number of anilines is 1. The second-order valence-electron chi connectivity index (χ2n) is 6.84. The average Bonchev–Trinajstić information content (AvgIpc) is 3.08. The minimum Gasteiger partial charge on any atom is -0.493 e. The van der Waals surface area contributed by atoms with Crippen molar-refractivity contribution in [3.8, 4) is 22.6 Å². The smallest absolute Gasteiger partial charge is 0.227 e. The molecule has 0 saturated carbocycles. The van der Waals surface area contributed by atoms with Gasteiger partial charge in [0.15, 0.2) is 17.1 Å². The van der Waals surface area contributed by atoms with Crippen molar-refractivity contribution in [1.29, 1.82) is 0 Å². The van der Waals surface area contributed by atoms with Crippen LogP contribution >= 0.6 is 11.6 Å². The van der Waals surface area contributed by atoms with E-state index in [1.807, 2.05) is 56.3 Å². The molecule has 4 rings (SSSR count). The van der Waals surface area contributed by atoms with Crippen molar-refractivity contribution in [2.45, 2.75) is 20.4 Å². The number of rotatable bonds is 6. The third-order valence-corrected chi connectivity index (χ3v) is 5.06. The average molecular weight is 424 g/mol. The second kappa shape index (κ2) is 8.20. The van der Waals surface area contributed by atoms with Gasteiger partial charge in [-0.3, -0.25) is 0 Å². The molecule has 0 aliphatic heterocycles. The van der Waals surface area contributed by atoms with Gasteiger partial charge in [0.2, 0.25) is 5.95 Å². The predicted octanol–water partition coefficient (Wildman–Crippen LogP) is 4.69. The first-order valence-corrected chi connectivity index (χ1v) is 9.82. The van der Waals surface area contributed by atoms with Crippen molar-refractivity contribution >= 4 is 23.2 Å². The molecule has 0 saturated heterocycles. The lowest BCUT2D eigenvalue weighted by molar-refractivity contribution is 0.355. The zero-order chi connectivity index (χ0) is 21.3. The van der Waals surface area contributed by atoms with Gasteiger partial charge in [-0.1, -0.05) is 29.8 Å². The first-order valence-electron chi connectivity index (χ1n) is 9.45. The molecule has 0 aliphatic rings. The molecule has 7 nitrogen and oxygen atoms in total. The summed E-state index contributed by atoms with van der Waals surface area (Å²) in [4.78, 5) is 9.21. The fraction of sp³-hybridized carbons (Fsp3) is 0.227. The monoisotopic (exact) mass is 423 g/mol. The van der Waals surface area contributed by atoms with Crippen LogP contribution in [0.1, 0.15) is 17.1 Å². The third-order valence-electron chi connectivity index (χ3n) is 4.81. The Morgan fingerprint density at radius 2 is 1.70 bits per heavy atom. The fourth-order valence-electron chi connectivity index (χ4n) is 3.37. The number of halogens is 1. The second-order valence-corrected chi connectivity index (χ2v) is 7.28. The van der Waals surface area contributed by atoms with E-state index < -0.39 is 0 Å². The molecule has 4 aromatic rings. The Bertz CT molecular complexity index is 1200. The minimum atomic E-state index is 0.591. The summed E-state index contributed by atoms with van der Waals surface area (Å²) in [6.45, 7) is 4.42. The van der Waals surface area contributed by atoms with Crippen LogP contribution in [0, 0.1) is 13.8 Å². The molecule has 30 heavy (non-hydrogen) atoms. The molecular weight excluding hydrogens is 402 g/mol. The van der Waals surface area contributed by atoms with Gasteiger partial charge in [0.05, 0.1) is 19.9 Å². The lowest BCUT2D eigenvalue weighted by Gasteiger charge is -2.10. The minimum absolute atomic E-state index is 0.591. The quantitative estimate of drug-likeness (QED) is 0.485. The van der Waals surface area contributed by atoms with E-state index in [1.54, 1.807) is 18.7 Å². The van der Waals surface area contributed by atoms with Crippen molar-refractivity contribution in [2.24, 2.45) is 0 Å². The Balaban J connectivity index is 1.76. The summed E-state index contributed by atoms with van der Waals surface area (Å²) in [6.07, 6.45) is 0. The van der Waals surface area contributed by atoms with Gasteiger partial charge in [-0.15, -0.1) is 0 Å². The van der Waals surface area contributed by atoms with Gasteiger partial charge in [0.1, 0.15) is 5.82 Å². The summed E-state index contributed by atoms with van der Waals surface area (Å²) in [5.74, 6) is 2.61. The van der Waals surface area contributed by atoms with E-state index in [9.17, 15) is 0 Å². The zero-order valence-electron chi connectivity index (χ0n) is 17.2. The highest BCUT2D eigenvalue weighted by Gasteiger charge is 2.18. The van der Waals surface area contributed by atoms with Crippen LogP contribution in [0.5, 0.6) is 11.5 Å². The topological polar surface area (TPSA) is 73.6 Å². The Morgan fingerprint density at radius 1 is 0.967 bits per heavy atom. The lowest BCUT2D eigenvalue weighted by Crippen LogP contribution is -2.09. The number of fused-ring (bicyclic) bond motifs is 1. The van der Waals surface area contributed by atoms with E-state index in [2.05, 4.69) is 15.3 Å². The van der Waals surface area contributed by atoms with Gasteiger partial charge in [0, 0.05) is 17.1 Å². The Morgan fingerprint density at radius 3 is 2.40 bits per heavy atom. The number of methoxy groups -OCH3 is 2. The molecule has 2 aromatic heterocycles. The summed E-state index contributed by atoms with van der Waals surface area (Å²) in [7, 11) is 3.24. The molecule has 0 bridgehead atoms. The van der Waals surface area contributed by atoms with Gasteiger partial charge in [-0.2, -0.15) is 14.6 Å². The van der Waals surface area contributed by atoms with Gasteiger partial charge in [0.25, 0.3) is 0 Å². The molecule has 0 spiro atoms. The maximum atomic E-state index is 5.97. The third kappa shape index (κ3) is 3.76. The van der Waals surface area contributed by atoms with E-state index in [4.69, 9.17) is 26.2 Å². The maximum absolute atomic E-state index is 5.97. The highest BCUT2D eigenvalue weighted by molar-refractivity contribution is 6.30. The summed E-state index contributed by atoms with van der Waals surface area (Å²) >= 11 is 5.97. The van der Waals surface area contributed by atoms with Crippen LogP contribution < -0.4 is 14.8 Å². The van der Waals surface area contributed by atoms with E-state index >= 15 is 0 Å². The number of hydrogen-bond acceptors (Lipinski definition) is 6. The molecular formula is C22H22ClN5O2. The number of ether oxygens (including phenoxy) is 2. The zero-order valence-corrected chi connectivity index (χ0v) is 18.0. The summed E-state index contributed by atoms with van der Waals surface area (Å²) in [5, 5.41) is 8.76. The molecule has 0 atom stereocenters. The van der Waals surface area contributed by atoms with Gasteiger partial charge in [-0.25, -0.2) is 4.98 Å². The summed E-state index contributed by atoms with van der Waals surface area (Å²) < 4.78 is 12.6. The van der Waals surface area contributed by atoms with E-state index in [-0.39, 0.29) is 0 Å². The van der Waals surface area contributed by atoms with Crippen LogP contribution in [0.4, 0.5) is 5.95 Å². The van der Waals surface area contributed by atoms with Crippen molar-refractivity contribution in [1.82, 2.24) is 19.6 Å². The van der Waals surface area contributed by atoms with Gasteiger partial charge >= 0.3 is 0 Å². The lowest BCUT2D eigenvalue weighted by atomic mass is 10.1. The molecule has 0 fully saturated rings. The number of hydrogen-bond donors (Lipinski definition) is 1. The first kappa shape index (κ1) is 20.0. The Hall–Kier alpha value is -3.32. The number of aryl methyl sites for hydroxylation is 2. The van der Waals surface area contributed by atoms with E-state index in [1.165, 1.54) is 0 Å². The van der Waals surface area contributed by atoms with E-state index in [0.717, 1.165) is 28.0 Å². The fourth-order valence-corrected chi connectivity index (χ4v) is 3.50. The standard InChI is InChI=1S/C22H22ClN5O2/c1-13-20(16-7-10-18(29-3)19(11-16)30-4)21-25-14(2)26-22(28(21)27-13)24-12-15-5-8-17(23)9-6-15/h5-11H,12H2,1-4H3,(H,24,25,26). The number of benzene rings is 2. The number of nitrogens with zero attached hydrogens (tertiary/aromatic N) is 4. The number of nitrogens with one attached hydrogen (secondary N) is 1. The highest BCUT2D eigenvalue weighted by atomic mass is 35.5. The molecule has 2 heterocycles.